The van der Waals surface area contributed by atoms with E-state index in [0.29, 0.717) is 35.1 Å². The first kappa shape index (κ1) is 21.5. The molecule has 0 aliphatic carbocycles. The van der Waals surface area contributed by atoms with Crippen molar-refractivity contribution in [2.45, 2.75) is 13.2 Å². The van der Waals surface area contributed by atoms with Gasteiger partial charge in [0.25, 0.3) is 0 Å². The number of hydrogen-bond acceptors (Lipinski definition) is 6. The van der Waals surface area contributed by atoms with E-state index >= 15 is 0 Å². The van der Waals surface area contributed by atoms with Crippen molar-refractivity contribution in [3.8, 4) is 17.1 Å². The number of furan rings is 1. The fourth-order valence-electron chi connectivity index (χ4n) is 3.57. The molecule has 2 aromatic heterocycles. The summed E-state index contributed by atoms with van der Waals surface area (Å²) in [6.07, 6.45) is 1.44. The van der Waals surface area contributed by atoms with E-state index in [-0.39, 0.29) is 18.2 Å². The van der Waals surface area contributed by atoms with Crippen molar-refractivity contribution in [3.63, 3.8) is 0 Å². The minimum atomic E-state index is -0.551. The zero-order valence-corrected chi connectivity index (χ0v) is 18.0. The molecule has 0 unspecified atom stereocenters. The Morgan fingerprint density at radius 1 is 0.941 bits per heavy atom. The summed E-state index contributed by atoms with van der Waals surface area (Å²) in [7, 11) is 0. The topological polar surface area (TPSA) is 86.2 Å². The van der Waals surface area contributed by atoms with Crippen LogP contribution in [0.1, 0.15) is 11.3 Å². The summed E-state index contributed by atoms with van der Waals surface area (Å²) in [6, 6.07) is 19.9. The van der Waals surface area contributed by atoms with Crippen molar-refractivity contribution < 1.29 is 17.9 Å². The van der Waals surface area contributed by atoms with E-state index in [1.54, 1.807) is 18.2 Å². The minimum absolute atomic E-state index is 0.0550. The van der Waals surface area contributed by atoms with Crippen molar-refractivity contribution in [3.05, 3.63) is 102 Å². The summed E-state index contributed by atoms with van der Waals surface area (Å²) >= 11 is 0. The first-order valence-electron chi connectivity index (χ1n) is 10.6. The molecule has 2 heterocycles. The Morgan fingerprint density at radius 3 is 2.65 bits per heavy atom. The van der Waals surface area contributed by atoms with E-state index in [4.69, 9.17) is 14.9 Å². The molecule has 0 saturated heterocycles. The number of nitrogens with one attached hydrogen (secondary N) is 1. The number of rotatable bonds is 7. The van der Waals surface area contributed by atoms with Gasteiger partial charge >= 0.3 is 0 Å². The molecule has 34 heavy (non-hydrogen) atoms. The zero-order chi connectivity index (χ0) is 23.5. The third-order valence-electron chi connectivity index (χ3n) is 5.26. The fraction of sp³-hybridized carbons (Fsp3) is 0.0769. The van der Waals surface area contributed by atoms with Gasteiger partial charge in [0.1, 0.15) is 36.1 Å². The van der Waals surface area contributed by atoms with E-state index in [1.165, 1.54) is 30.6 Å². The van der Waals surface area contributed by atoms with Crippen LogP contribution >= 0.6 is 0 Å². The lowest BCUT2D eigenvalue weighted by Crippen LogP contribution is -2.00. The van der Waals surface area contributed by atoms with Crippen LogP contribution in [-0.4, -0.2) is 9.97 Å². The van der Waals surface area contributed by atoms with Crippen LogP contribution in [0.25, 0.3) is 22.2 Å². The maximum atomic E-state index is 14.7. The molecule has 3 N–H and O–H groups in total. The van der Waals surface area contributed by atoms with Gasteiger partial charge in [-0.15, -0.1) is 0 Å². The van der Waals surface area contributed by atoms with Crippen LogP contribution in [0.5, 0.6) is 5.75 Å². The van der Waals surface area contributed by atoms with Gasteiger partial charge in [0.2, 0.25) is 0 Å². The second-order valence-corrected chi connectivity index (χ2v) is 7.61. The quantitative estimate of drug-likeness (QED) is 0.313. The van der Waals surface area contributed by atoms with Crippen LogP contribution in [0.4, 0.5) is 20.3 Å². The standard InChI is InChI=1S/C26H20F2N4O2/c27-18-3-1-2-16(10-18)14-33-25-8-5-19(12-22(25)28)32-26-21-11-17(4-7-23(21)30-15-31-26)24-9-6-20(13-29)34-24/h1-12,15H,13-14,29H2,(H,30,31,32). The first-order chi connectivity index (χ1) is 16.6. The van der Waals surface area contributed by atoms with Crippen LogP contribution in [-0.2, 0) is 13.2 Å². The molecular formula is C26H20F2N4O2. The summed E-state index contributed by atoms with van der Waals surface area (Å²) in [5.41, 5.74) is 8.31. The highest BCUT2D eigenvalue weighted by atomic mass is 19.1. The maximum absolute atomic E-state index is 14.7. The van der Waals surface area contributed by atoms with Crippen molar-refractivity contribution in [2.24, 2.45) is 5.73 Å². The van der Waals surface area contributed by atoms with Gasteiger partial charge in [0.15, 0.2) is 11.6 Å². The molecule has 0 fully saturated rings. The lowest BCUT2D eigenvalue weighted by molar-refractivity contribution is 0.290. The molecule has 0 bridgehead atoms. The van der Waals surface area contributed by atoms with Crippen molar-refractivity contribution >= 4 is 22.4 Å². The van der Waals surface area contributed by atoms with Gasteiger partial charge in [-0.1, -0.05) is 12.1 Å². The predicted molar refractivity (Wildman–Crippen MR) is 126 cm³/mol. The van der Waals surface area contributed by atoms with E-state index < -0.39 is 5.82 Å². The molecule has 3 aromatic carbocycles. The lowest BCUT2D eigenvalue weighted by atomic mass is 10.1. The summed E-state index contributed by atoms with van der Waals surface area (Å²) in [6.45, 7) is 0.371. The lowest BCUT2D eigenvalue weighted by Gasteiger charge is -2.12. The normalized spacial score (nSPS) is 11.0. The first-order valence-corrected chi connectivity index (χ1v) is 10.6. The Balaban J connectivity index is 1.38. The molecule has 0 spiro atoms. The van der Waals surface area contributed by atoms with Gasteiger partial charge in [0, 0.05) is 22.7 Å². The zero-order valence-electron chi connectivity index (χ0n) is 18.0. The molecule has 5 aromatic rings. The Morgan fingerprint density at radius 2 is 1.85 bits per heavy atom. The number of fused-ring (bicyclic) bond motifs is 1. The van der Waals surface area contributed by atoms with Gasteiger partial charge in [-0.05, 0) is 60.2 Å². The molecule has 0 atom stereocenters. The molecule has 0 amide bonds. The second kappa shape index (κ2) is 9.29. The number of aromatic nitrogens is 2. The Bertz CT molecular complexity index is 1470. The second-order valence-electron chi connectivity index (χ2n) is 7.61. The average molecular weight is 458 g/mol. The van der Waals surface area contributed by atoms with Crippen LogP contribution in [0.2, 0.25) is 0 Å². The monoisotopic (exact) mass is 458 g/mol. The number of ether oxygens (including phenoxy) is 1. The van der Waals surface area contributed by atoms with Crippen LogP contribution < -0.4 is 15.8 Å². The van der Waals surface area contributed by atoms with E-state index in [9.17, 15) is 8.78 Å². The fourth-order valence-corrected chi connectivity index (χ4v) is 3.57. The van der Waals surface area contributed by atoms with E-state index in [2.05, 4.69) is 15.3 Å². The van der Waals surface area contributed by atoms with Crippen LogP contribution in [0, 0.1) is 11.6 Å². The van der Waals surface area contributed by atoms with Gasteiger partial charge in [-0.3, -0.25) is 0 Å². The molecule has 0 aliphatic rings. The summed E-state index contributed by atoms with van der Waals surface area (Å²) in [5, 5.41) is 3.89. The Kier molecular flexibility index (Phi) is 5.88. The predicted octanol–water partition coefficient (Wildman–Crippen LogP) is 5.95. The highest BCUT2D eigenvalue weighted by Crippen LogP contribution is 2.30. The number of hydrogen-bond donors (Lipinski definition) is 2. The molecular weight excluding hydrogens is 438 g/mol. The number of anilines is 2. The van der Waals surface area contributed by atoms with Crippen LogP contribution in [0.15, 0.2) is 83.5 Å². The van der Waals surface area contributed by atoms with Crippen molar-refractivity contribution in [1.29, 1.82) is 0 Å². The third kappa shape index (κ3) is 4.57. The molecule has 0 radical (unpaired) electrons. The smallest absolute Gasteiger partial charge is 0.167 e. The van der Waals surface area contributed by atoms with Gasteiger partial charge < -0.3 is 20.2 Å². The maximum Gasteiger partial charge on any atom is 0.167 e. The van der Waals surface area contributed by atoms with E-state index in [1.807, 2.05) is 30.3 Å². The Hall–Kier alpha value is -4.30. The van der Waals surface area contributed by atoms with Gasteiger partial charge in [0.05, 0.1) is 12.1 Å². The van der Waals surface area contributed by atoms with Crippen molar-refractivity contribution in [2.75, 3.05) is 5.32 Å². The van der Waals surface area contributed by atoms with Crippen molar-refractivity contribution in [1.82, 2.24) is 9.97 Å². The summed E-state index contributed by atoms with van der Waals surface area (Å²) in [5.74, 6) is 1.04. The molecule has 5 rings (SSSR count). The number of halogens is 2. The Labute approximate surface area is 194 Å². The third-order valence-corrected chi connectivity index (χ3v) is 5.26. The minimum Gasteiger partial charge on any atom is -0.486 e. The average Bonchev–Trinajstić information content (AvgIpc) is 3.33. The van der Waals surface area contributed by atoms with Gasteiger partial charge in [-0.2, -0.15) is 0 Å². The highest BCUT2D eigenvalue weighted by Gasteiger charge is 2.11. The molecule has 170 valence electrons. The SMILES string of the molecule is NCc1ccc(-c2ccc3ncnc(Nc4ccc(OCc5cccc(F)c5)c(F)c4)c3c2)o1. The highest BCUT2D eigenvalue weighted by molar-refractivity contribution is 5.93. The summed E-state index contributed by atoms with van der Waals surface area (Å²) < 4.78 is 39.3. The van der Waals surface area contributed by atoms with E-state index in [0.717, 1.165) is 16.5 Å². The summed E-state index contributed by atoms with van der Waals surface area (Å²) in [4.78, 5) is 8.64. The number of nitrogens with zero attached hydrogens (tertiary/aromatic N) is 2. The largest absolute Gasteiger partial charge is 0.486 e. The van der Waals surface area contributed by atoms with Gasteiger partial charge in [-0.25, -0.2) is 18.7 Å². The molecule has 0 saturated carbocycles. The number of benzene rings is 3. The number of nitrogens with two attached hydrogens (primary N) is 1. The molecule has 8 heteroatoms. The van der Waals surface area contributed by atoms with Crippen LogP contribution in [0.3, 0.4) is 0 Å². The molecule has 6 nitrogen and oxygen atoms in total. The molecule has 0 aliphatic heterocycles.